The van der Waals surface area contributed by atoms with Crippen LogP contribution < -0.4 is 14.8 Å². The second-order valence-corrected chi connectivity index (χ2v) is 8.60. The summed E-state index contributed by atoms with van der Waals surface area (Å²) in [6.07, 6.45) is 2.15. The fourth-order valence-corrected chi connectivity index (χ4v) is 3.65. The number of halogens is 1. The van der Waals surface area contributed by atoms with Gasteiger partial charge in [-0.2, -0.15) is 5.26 Å². The standard InChI is InChI=1S/C24H23ClN4O3S/c1-4-22-28-29-24(33-22)27-23(30)18(14-26)12-17-13-19(25)6-8-21(17)32-10-9-31-20-7-5-15(2)16(3)11-20/h5-8,11-13H,4,9-10H2,1-3H3,(H,27,29,30). The Morgan fingerprint density at radius 1 is 1.15 bits per heavy atom. The summed E-state index contributed by atoms with van der Waals surface area (Å²) in [4.78, 5) is 12.6. The second kappa shape index (κ2) is 11.5. The molecule has 3 rings (SSSR count). The van der Waals surface area contributed by atoms with Crippen molar-refractivity contribution in [3.63, 3.8) is 0 Å². The van der Waals surface area contributed by atoms with Crippen molar-refractivity contribution in [3.05, 3.63) is 68.7 Å². The first-order valence-electron chi connectivity index (χ1n) is 10.3. The second-order valence-electron chi connectivity index (χ2n) is 7.10. The average molecular weight is 483 g/mol. The fourth-order valence-electron chi connectivity index (χ4n) is 2.79. The molecule has 0 radical (unpaired) electrons. The van der Waals surface area contributed by atoms with E-state index in [1.165, 1.54) is 23.0 Å². The molecular weight excluding hydrogens is 460 g/mol. The van der Waals surface area contributed by atoms with Gasteiger partial charge in [0.2, 0.25) is 5.13 Å². The number of nitrogens with zero attached hydrogens (tertiary/aromatic N) is 3. The number of hydrogen-bond acceptors (Lipinski definition) is 7. The van der Waals surface area contributed by atoms with E-state index in [4.69, 9.17) is 21.1 Å². The van der Waals surface area contributed by atoms with Gasteiger partial charge in [-0.05, 0) is 67.8 Å². The van der Waals surface area contributed by atoms with E-state index in [0.29, 0.717) is 34.5 Å². The maximum Gasteiger partial charge on any atom is 0.268 e. The topological polar surface area (TPSA) is 97.1 Å². The number of benzene rings is 2. The van der Waals surface area contributed by atoms with E-state index < -0.39 is 5.91 Å². The van der Waals surface area contributed by atoms with Gasteiger partial charge in [-0.15, -0.1) is 10.2 Å². The number of hydrogen-bond donors (Lipinski definition) is 1. The SMILES string of the molecule is CCc1nnc(NC(=O)C(C#N)=Cc2cc(Cl)ccc2OCCOc2ccc(C)c(C)c2)s1. The molecule has 33 heavy (non-hydrogen) atoms. The largest absolute Gasteiger partial charge is 0.490 e. The molecule has 2 aromatic carbocycles. The third-order valence-corrected chi connectivity index (χ3v) is 5.93. The molecule has 9 heteroatoms. The molecule has 1 amide bonds. The van der Waals surface area contributed by atoms with Crippen LogP contribution in [-0.4, -0.2) is 29.3 Å². The van der Waals surface area contributed by atoms with Crippen molar-refractivity contribution < 1.29 is 14.3 Å². The maximum absolute atomic E-state index is 12.6. The number of aromatic nitrogens is 2. The van der Waals surface area contributed by atoms with E-state index in [1.807, 2.05) is 45.0 Å². The Labute approximate surface area is 201 Å². The highest BCUT2D eigenvalue weighted by Crippen LogP contribution is 2.26. The molecule has 170 valence electrons. The summed E-state index contributed by atoms with van der Waals surface area (Å²) in [5.41, 5.74) is 2.75. The third-order valence-electron chi connectivity index (χ3n) is 4.71. The van der Waals surface area contributed by atoms with E-state index in [1.54, 1.807) is 18.2 Å². The van der Waals surface area contributed by atoms with Gasteiger partial charge >= 0.3 is 0 Å². The molecule has 0 aliphatic heterocycles. The van der Waals surface area contributed by atoms with Crippen LogP contribution in [0.3, 0.4) is 0 Å². The first kappa shape index (κ1) is 24.2. The van der Waals surface area contributed by atoms with Crippen LogP contribution in [0.4, 0.5) is 5.13 Å². The molecule has 0 bridgehead atoms. The number of rotatable bonds is 9. The molecule has 0 aliphatic carbocycles. The van der Waals surface area contributed by atoms with Crippen molar-refractivity contribution in [3.8, 4) is 17.6 Å². The van der Waals surface area contributed by atoms with Crippen molar-refractivity contribution in [2.24, 2.45) is 0 Å². The number of aryl methyl sites for hydroxylation is 3. The number of ether oxygens (including phenoxy) is 2. The van der Waals surface area contributed by atoms with Crippen molar-refractivity contribution >= 4 is 40.1 Å². The van der Waals surface area contributed by atoms with Crippen LogP contribution in [0, 0.1) is 25.2 Å². The maximum atomic E-state index is 12.6. The molecule has 1 heterocycles. The van der Waals surface area contributed by atoms with Gasteiger partial charge in [0.1, 0.15) is 41.4 Å². The van der Waals surface area contributed by atoms with Crippen molar-refractivity contribution in [1.82, 2.24) is 10.2 Å². The molecule has 3 aromatic rings. The van der Waals surface area contributed by atoms with Gasteiger partial charge < -0.3 is 9.47 Å². The lowest BCUT2D eigenvalue weighted by molar-refractivity contribution is -0.112. The Hall–Kier alpha value is -3.41. The lowest BCUT2D eigenvalue weighted by atomic mass is 10.1. The number of amides is 1. The van der Waals surface area contributed by atoms with E-state index in [9.17, 15) is 10.1 Å². The van der Waals surface area contributed by atoms with Crippen molar-refractivity contribution in [2.45, 2.75) is 27.2 Å². The highest BCUT2D eigenvalue weighted by Gasteiger charge is 2.14. The van der Waals surface area contributed by atoms with Gasteiger partial charge in [0, 0.05) is 10.6 Å². The molecule has 0 spiro atoms. The number of carbonyl (C=O) groups excluding carboxylic acids is 1. The zero-order valence-electron chi connectivity index (χ0n) is 18.5. The molecule has 0 saturated heterocycles. The number of nitrogens with one attached hydrogen (secondary N) is 1. The predicted molar refractivity (Wildman–Crippen MR) is 130 cm³/mol. The average Bonchev–Trinajstić information content (AvgIpc) is 3.25. The zero-order chi connectivity index (χ0) is 23.8. The lowest BCUT2D eigenvalue weighted by Crippen LogP contribution is -2.13. The van der Waals surface area contributed by atoms with Crippen LogP contribution in [0.5, 0.6) is 11.5 Å². The predicted octanol–water partition coefficient (Wildman–Crippen LogP) is 5.37. The van der Waals surface area contributed by atoms with Crippen LogP contribution in [-0.2, 0) is 11.2 Å². The molecule has 0 saturated carbocycles. The third kappa shape index (κ3) is 6.78. The van der Waals surface area contributed by atoms with Gasteiger partial charge in [0.25, 0.3) is 5.91 Å². The lowest BCUT2D eigenvalue weighted by Gasteiger charge is -2.12. The van der Waals surface area contributed by atoms with Crippen molar-refractivity contribution in [1.29, 1.82) is 5.26 Å². The van der Waals surface area contributed by atoms with Crippen molar-refractivity contribution in [2.75, 3.05) is 18.5 Å². The number of carbonyl (C=O) groups is 1. The van der Waals surface area contributed by atoms with E-state index in [-0.39, 0.29) is 12.2 Å². The smallest absolute Gasteiger partial charge is 0.268 e. The highest BCUT2D eigenvalue weighted by atomic mass is 35.5. The van der Waals surface area contributed by atoms with E-state index >= 15 is 0 Å². The highest BCUT2D eigenvalue weighted by molar-refractivity contribution is 7.15. The minimum absolute atomic E-state index is 0.109. The monoisotopic (exact) mass is 482 g/mol. The Bertz CT molecular complexity index is 1220. The Morgan fingerprint density at radius 2 is 1.94 bits per heavy atom. The zero-order valence-corrected chi connectivity index (χ0v) is 20.1. The summed E-state index contributed by atoms with van der Waals surface area (Å²) in [5.74, 6) is 0.664. The molecule has 1 aromatic heterocycles. The van der Waals surface area contributed by atoms with Gasteiger partial charge in [0.15, 0.2) is 0 Å². The fraction of sp³-hybridized carbons (Fsp3) is 0.250. The number of nitriles is 1. The van der Waals surface area contributed by atoms with Crippen LogP contribution in [0.25, 0.3) is 6.08 Å². The molecule has 0 fully saturated rings. The first-order valence-corrected chi connectivity index (χ1v) is 11.5. The Kier molecular flexibility index (Phi) is 8.41. The molecular formula is C24H23ClN4O3S. The molecule has 0 atom stereocenters. The van der Waals surface area contributed by atoms with E-state index in [2.05, 4.69) is 15.5 Å². The quantitative estimate of drug-likeness (QED) is 0.250. The Balaban J connectivity index is 1.68. The summed E-state index contributed by atoms with van der Waals surface area (Å²) < 4.78 is 11.6. The summed E-state index contributed by atoms with van der Waals surface area (Å²) in [6, 6.07) is 12.8. The minimum Gasteiger partial charge on any atom is -0.490 e. The molecule has 0 unspecified atom stereocenters. The van der Waals surface area contributed by atoms with Crippen LogP contribution in [0.15, 0.2) is 42.0 Å². The van der Waals surface area contributed by atoms with Crippen LogP contribution in [0.1, 0.15) is 28.6 Å². The normalized spacial score (nSPS) is 11.1. The van der Waals surface area contributed by atoms with Gasteiger partial charge in [0.05, 0.1) is 0 Å². The van der Waals surface area contributed by atoms with Crippen LogP contribution >= 0.6 is 22.9 Å². The first-order chi connectivity index (χ1) is 15.9. The molecule has 0 aliphatic rings. The number of anilines is 1. The van der Waals surface area contributed by atoms with Gasteiger partial charge in [-0.3, -0.25) is 10.1 Å². The van der Waals surface area contributed by atoms with Crippen LogP contribution in [0.2, 0.25) is 5.02 Å². The summed E-state index contributed by atoms with van der Waals surface area (Å²) in [7, 11) is 0. The Morgan fingerprint density at radius 3 is 2.64 bits per heavy atom. The van der Waals surface area contributed by atoms with Gasteiger partial charge in [-0.25, -0.2) is 0 Å². The van der Waals surface area contributed by atoms with E-state index in [0.717, 1.165) is 16.3 Å². The van der Waals surface area contributed by atoms with Gasteiger partial charge in [-0.1, -0.05) is 35.9 Å². The molecule has 1 N–H and O–H groups in total. The minimum atomic E-state index is -0.583. The summed E-state index contributed by atoms with van der Waals surface area (Å²) in [6.45, 7) is 6.62. The molecule has 7 nitrogen and oxygen atoms in total. The summed E-state index contributed by atoms with van der Waals surface area (Å²) in [5, 5.41) is 21.6. The summed E-state index contributed by atoms with van der Waals surface area (Å²) >= 11 is 7.39.